The molecule has 0 aliphatic rings. The monoisotopic (exact) mass is 338 g/mol. The maximum atomic E-state index is 12.1. The fourth-order valence-electron chi connectivity index (χ4n) is 1.34. The molecule has 1 rings (SSSR count). The largest absolute Gasteiger partial charge is 0.384 e. The van der Waals surface area contributed by atoms with E-state index in [4.69, 9.17) is 22.7 Å². The summed E-state index contributed by atoms with van der Waals surface area (Å²) >= 11 is 5.75. The van der Waals surface area contributed by atoms with Gasteiger partial charge in [0.25, 0.3) is 12.1 Å². The number of benzene rings is 1. The summed E-state index contributed by atoms with van der Waals surface area (Å²) in [6.45, 7) is 7.20. The number of alkyl halides is 2. The van der Waals surface area contributed by atoms with Gasteiger partial charge in [-0.1, -0.05) is 39.3 Å². The molecule has 4 N–H and O–H groups in total. The van der Waals surface area contributed by atoms with Crippen molar-refractivity contribution in [2.75, 3.05) is 11.9 Å². The summed E-state index contributed by atoms with van der Waals surface area (Å²) in [5, 5.41) is 20.2. The van der Waals surface area contributed by atoms with Crippen molar-refractivity contribution < 1.29 is 13.7 Å². The Morgan fingerprint density at radius 3 is 2.27 bits per heavy atom. The van der Waals surface area contributed by atoms with Crippen LogP contribution >= 0.6 is 11.6 Å². The minimum atomic E-state index is -2.71. The molecule has 1 aromatic rings. The van der Waals surface area contributed by atoms with E-state index in [9.17, 15) is 18.9 Å². The van der Waals surface area contributed by atoms with Gasteiger partial charge in [0.2, 0.25) is 0 Å². The molecule has 0 unspecified atom stereocenters. The number of nitrogens with two attached hydrogens (primary N) is 1. The van der Waals surface area contributed by atoms with E-state index in [1.54, 1.807) is 0 Å². The number of anilines is 1. The van der Waals surface area contributed by atoms with Crippen molar-refractivity contribution in [3.05, 3.63) is 32.8 Å². The third kappa shape index (κ3) is 6.66. The van der Waals surface area contributed by atoms with E-state index < -0.39 is 29.4 Å². The van der Waals surface area contributed by atoms with Crippen LogP contribution in [0.25, 0.3) is 0 Å². The SMILES string of the molecule is CC.CC.N=C(N)c1c(Cl)ccc([N+](=O)[O-])c1NCC(F)F. The first-order chi connectivity index (χ1) is 10.3. The molecule has 0 radical (unpaired) electrons. The van der Waals surface area contributed by atoms with Gasteiger partial charge in [0.15, 0.2) is 0 Å². The van der Waals surface area contributed by atoms with Crippen molar-refractivity contribution in [3.8, 4) is 0 Å². The lowest BCUT2D eigenvalue weighted by Crippen LogP contribution is -2.19. The van der Waals surface area contributed by atoms with E-state index in [2.05, 4.69) is 5.32 Å². The summed E-state index contributed by atoms with van der Waals surface area (Å²) < 4.78 is 24.3. The Hall–Kier alpha value is -1.96. The van der Waals surface area contributed by atoms with Crippen LogP contribution in [-0.4, -0.2) is 23.7 Å². The quantitative estimate of drug-likeness (QED) is 0.323. The molecular weight excluding hydrogens is 318 g/mol. The van der Waals surface area contributed by atoms with Crippen molar-refractivity contribution in [2.24, 2.45) is 5.73 Å². The summed E-state index contributed by atoms with van der Waals surface area (Å²) in [6.07, 6.45) is -2.71. The van der Waals surface area contributed by atoms with Crippen LogP contribution in [0.4, 0.5) is 20.2 Å². The molecule has 0 saturated heterocycles. The fraction of sp³-hybridized carbons (Fsp3) is 0.462. The second-order valence-electron chi connectivity index (χ2n) is 3.26. The highest BCUT2D eigenvalue weighted by molar-refractivity contribution is 6.35. The van der Waals surface area contributed by atoms with Crippen molar-refractivity contribution in [1.29, 1.82) is 5.41 Å². The van der Waals surface area contributed by atoms with E-state index in [1.165, 1.54) is 6.07 Å². The number of nitrogen functional groups attached to an aromatic ring is 1. The highest BCUT2D eigenvalue weighted by Crippen LogP contribution is 2.33. The molecule has 6 nitrogen and oxygen atoms in total. The molecule has 1 aromatic carbocycles. The Morgan fingerprint density at radius 1 is 1.41 bits per heavy atom. The normalized spacial score (nSPS) is 9.09. The van der Waals surface area contributed by atoms with Gasteiger partial charge in [-0.05, 0) is 6.07 Å². The van der Waals surface area contributed by atoms with E-state index in [0.717, 1.165) is 6.07 Å². The summed E-state index contributed by atoms with van der Waals surface area (Å²) in [5.74, 6) is -0.541. The Morgan fingerprint density at radius 2 is 1.91 bits per heavy atom. The van der Waals surface area contributed by atoms with Crippen LogP contribution in [0, 0.1) is 15.5 Å². The van der Waals surface area contributed by atoms with Gasteiger partial charge in [0, 0.05) is 6.07 Å². The fourth-order valence-corrected chi connectivity index (χ4v) is 1.60. The molecule has 0 atom stereocenters. The van der Waals surface area contributed by atoms with Gasteiger partial charge >= 0.3 is 0 Å². The number of hydrogen-bond donors (Lipinski definition) is 3. The molecule has 0 aliphatic heterocycles. The van der Waals surface area contributed by atoms with Crippen LogP contribution in [0.3, 0.4) is 0 Å². The third-order valence-electron chi connectivity index (χ3n) is 2.03. The van der Waals surface area contributed by atoms with Gasteiger partial charge < -0.3 is 11.1 Å². The van der Waals surface area contributed by atoms with Crippen molar-refractivity contribution in [1.82, 2.24) is 0 Å². The molecule has 126 valence electrons. The highest BCUT2D eigenvalue weighted by Gasteiger charge is 2.22. The predicted octanol–water partition coefficient (Wildman–Crippen LogP) is 4.26. The first-order valence-electron chi connectivity index (χ1n) is 6.68. The molecule has 0 spiro atoms. The average molecular weight is 339 g/mol. The van der Waals surface area contributed by atoms with Crippen LogP contribution in [0.5, 0.6) is 0 Å². The number of amidine groups is 1. The maximum Gasteiger partial charge on any atom is 0.293 e. The van der Waals surface area contributed by atoms with Crippen LogP contribution in [-0.2, 0) is 0 Å². The molecule has 9 heteroatoms. The third-order valence-corrected chi connectivity index (χ3v) is 2.35. The van der Waals surface area contributed by atoms with Gasteiger partial charge in [0.1, 0.15) is 11.5 Å². The van der Waals surface area contributed by atoms with Gasteiger partial charge in [-0.3, -0.25) is 15.5 Å². The standard InChI is InChI=1S/C9H9ClF2N4O2.2C2H6/c10-4-1-2-5(16(17)18)8(7(4)9(13)14)15-3-6(11)12;2*1-2/h1-2,6,15H,3H2,(H3,13,14);2*1-2H3. The number of nitro benzene ring substituents is 1. The lowest BCUT2D eigenvalue weighted by Gasteiger charge is -2.12. The van der Waals surface area contributed by atoms with Gasteiger partial charge in [-0.15, -0.1) is 0 Å². The lowest BCUT2D eigenvalue weighted by atomic mass is 10.1. The van der Waals surface area contributed by atoms with E-state index >= 15 is 0 Å². The minimum absolute atomic E-state index is 0.0233. The zero-order valence-corrected chi connectivity index (χ0v) is 13.7. The van der Waals surface area contributed by atoms with Crippen molar-refractivity contribution in [2.45, 2.75) is 34.1 Å². The Labute approximate surface area is 133 Å². The smallest absolute Gasteiger partial charge is 0.293 e. The Balaban J connectivity index is 0. The van der Waals surface area contributed by atoms with Crippen LogP contribution in [0.2, 0.25) is 5.02 Å². The Bertz CT molecular complexity index is 499. The van der Waals surface area contributed by atoms with Crippen molar-refractivity contribution in [3.63, 3.8) is 0 Å². The summed E-state index contributed by atoms with van der Waals surface area (Å²) in [4.78, 5) is 10.0. The summed E-state index contributed by atoms with van der Waals surface area (Å²) in [6, 6.07) is 2.24. The van der Waals surface area contributed by atoms with E-state index in [-0.39, 0.29) is 16.3 Å². The molecule has 0 saturated carbocycles. The number of rotatable bonds is 5. The van der Waals surface area contributed by atoms with Crippen molar-refractivity contribution >= 4 is 28.8 Å². The van der Waals surface area contributed by atoms with Gasteiger partial charge in [-0.2, -0.15) is 0 Å². The molecule has 0 bridgehead atoms. The second kappa shape index (κ2) is 11.7. The molecule has 22 heavy (non-hydrogen) atoms. The average Bonchev–Trinajstić information content (AvgIpc) is 2.48. The highest BCUT2D eigenvalue weighted by atomic mass is 35.5. The number of halogens is 3. The van der Waals surface area contributed by atoms with Gasteiger partial charge in [0.05, 0.1) is 22.1 Å². The number of nitrogens with zero attached hydrogens (tertiary/aromatic N) is 1. The maximum absolute atomic E-state index is 12.1. The summed E-state index contributed by atoms with van der Waals surface area (Å²) in [5.41, 5.74) is 4.33. The first-order valence-corrected chi connectivity index (χ1v) is 7.05. The predicted molar refractivity (Wildman–Crippen MR) is 86.3 cm³/mol. The van der Waals surface area contributed by atoms with Crippen LogP contribution in [0.15, 0.2) is 12.1 Å². The molecule has 0 heterocycles. The zero-order chi connectivity index (χ0) is 17.9. The topological polar surface area (TPSA) is 105 Å². The van der Waals surface area contributed by atoms with Crippen LogP contribution in [0.1, 0.15) is 33.3 Å². The summed E-state index contributed by atoms with van der Waals surface area (Å²) in [7, 11) is 0. The van der Waals surface area contributed by atoms with E-state index in [0.29, 0.717) is 0 Å². The molecule has 0 fully saturated rings. The van der Waals surface area contributed by atoms with Gasteiger partial charge in [-0.25, -0.2) is 8.78 Å². The zero-order valence-electron chi connectivity index (χ0n) is 12.9. The first kappa shape index (κ1) is 22.3. The number of hydrogen-bond acceptors (Lipinski definition) is 4. The Kier molecular flexibility index (Phi) is 11.8. The molecular formula is C13H21ClF2N4O2. The second-order valence-corrected chi connectivity index (χ2v) is 3.67. The minimum Gasteiger partial charge on any atom is -0.384 e. The molecule has 0 amide bonds. The van der Waals surface area contributed by atoms with E-state index in [1.807, 2.05) is 27.7 Å². The molecule has 0 aliphatic carbocycles. The van der Waals surface area contributed by atoms with Crippen LogP contribution < -0.4 is 11.1 Å². The molecule has 0 aromatic heterocycles. The number of nitro groups is 1. The number of nitrogens with one attached hydrogen (secondary N) is 2. The lowest BCUT2D eigenvalue weighted by molar-refractivity contribution is -0.384.